The molecule has 0 amide bonds. The molecule has 4 heterocycles. The van der Waals surface area contributed by atoms with Crippen molar-refractivity contribution in [1.82, 2.24) is 9.97 Å². The van der Waals surface area contributed by atoms with E-state index < -0.39 is 0 Å². The fourth-order valence-electron chi connectivity index (χ4n) is 5.59. The van der Waals surface area contributed by atoms with E-state index >= 15 is 0 Å². The number of aromatic nitrogens is 2. The van der Waals surface area contributed by atoms with Crippen LogP contribution in [0.25, 0.3) is 22.5 Å². The van der Waals surface area contributed by atoms with Gasteiger partial charge >= 0.3 is 0 Å². The first-order valence-corrected chi connectivity index (χ1v) is 12.8. The predicted molar refractivity (Wildman–Crippen MR) is 156 cm³/mol. The molecule has 0 radical (unpaired) electrons. The molecule has 0 saturated heterocycles. The number of pyridine rings is 2. The third-order valence-electron chi connectivity index (χ3n) is 7.52. The first kappa shape index (κ1) is 21.9. The quantitative estimate of drug-likeness (QED) is 0.311. The first-order valence-electron chi connectivity index (χ1n) is 12.8. The van der Waals surface area contributed by atoms with E-state index in [1.165, 1.54) is 33.3 Å². The van der Waals surface area contributed by atoms with Gasteiger partial charge in [-0.25, -0.2) is 0 Å². The predicted octanol–water partition coefficient (Wildman–Crippen LogP) is 5.74. The van der Waals surface area contributed by atoms with Crippen molar-refractivity contribution in [1.29, 1.82) is 0 Å². The first-order chi connectivity index (χ1) is 18.0. The molecule has 0 unspecified atom stereocenters. The normalized spacial score (nSPS) is 13.1. The molecular formula is C32H27BN4. The zero-order chi connectivity index (χ0) is 25.1. The molecule has 5 heteroatoms. The Morgan fingerprint density at radius 3 is 1.54 bits per heavy atom. The van der Waals surface area contributed by atoms with Gasteiger partial charge in [0.1, 0.15) is 0 Å². The van der Waals surface area contributed by atoms with Crippen LogP contribution in [0.15, 0.2) is 97.3 Å². The smallest absolute Gasteiger partial charge is 0.252 e. The number of anilines is 4. The molecule has 2 N–H and O–H groups in total. The Kier molecular flexibility index (Phi) is 4.77. The minimum absolute atomic E-state index is 0.0383. The third kappa shape index (κ3) is 3.61. The van der Waals surface area contributed by atoms with E-state index in [1.807, 2.05) is 36.7 Å². The summed E-state index contributed by atoms with van der Waals surface area (Å²) in [6, 6.07) is 30.2. The molecule has 37 heavy (non-hydrogen) atoms. The van der Waals surface area contributed by atoms with Gasteiger partial charge < -0.3 is 10.6 Å². The van der Waals surface area contributed by atoms with Crippen molar-refractivity contribution in [3.63, 3.8) is 0 Å². The summed E-state index contributed by atoms with van der Waals surface area (Å²) in [5, 5.41) is 7.55. The van der Waals surface area contributed by atoms with Gasteiger partial charge in [0.15, 0.2) is 0 Å². The zero-order valence-electron chi connectivity index (χ0n) is 21.2. The number of rotatable bonds is 2. The molecule has 0 aliphatic carbocycles. The standard InChI is InChI=1S/C32H27BN4/c1-32(2,3)22-18-29-31-30(19-22)37-28-13-11-21(26-9-5-7-15-35-26)17-24(28)33(31)23-16-20(10-12-27(23)36-29)25-8-4-6-14-34-25/h4-19,36-37H,1-3H3. The molecule has 0 spiro atoms. The average Bonchev–Trinajstić information content (AvgIpc) is 2.92. The van der Waals surface area contributed by atoms with E-state index in [0.29, 0.717) is 0 Å². The lowest BCUT2D eigenvalue weighted by atomic mass is 9.33. The zero-order valence-corrected chi connectivity index (χ0v) is 21.2. The van der Waals surface area contributed by atoms with Gasteiger partial charge in [0.25, 0.3) is 6.71 Å². The molecule has 0 atom stereocenters. The Morgan fingerprint density at radius 2 is 1.11 bits per heavy atom. The average molecular weight is 478 g/mol. The summed E-state index contributed by atoms with van der Waals surface area (Å²) < 4.78 is 0. The summed E-state index contributed by atoms with van der Waals surface area (Å²) >= 11 is 0. The van der Waals surface area contributed by atoms with Crippen molar-refractivity contribution >= 4 is 45.9 Å². The summed E-state index contributed by atoms with van der Waals surface area (Å²) in [6.45, 7) is 6.90. The fraction of sp³-hybridized carbons (Fsp3) is 0.125. The second-order valence-corrected chi connectivity index (χ2v) is 11.0. The number of benzene rings is 3. The Morgan fingerprint density at radius 1 is 0.595 bits per heavy atom. The molecule has 2 aliphatic rings. The van der Waals surface area contributed by atoms with Gasteiger partial charge in [-0.1, -0.05) is 57.2 Å². The van der Waals surface area contributed by atoms with Gasteiger partial charge in [0.2, 0.25) is 0 Å². The van der Waals surface area contributed by atoms with E-state index in [4.69, 9.17) is 0 Å². The Hall–Kier alpha value is -4.38. The lowest BCUT2D eigenvalue weighted by Crippen LogP contribution is -2.59. The molecule has 7 rings (SSSR count). The SMILES string of the molecule is CC(C)(C)c1cc2c3c(c1)Nc1ccc(-c4ccccn4)cc1B3c1cc(-c3ccccn3)ccc1N2. The Bertz CT molecular complexity index is 1540. The molecular weight excluding hydrogens is 451 g/mol. The van der Waals surface area contributed by atoms with Crippen LogP contribution < -0.4 is 27.0 Å². The Balaban J connectivity index is 1.47. The monoisotopic (exact) mass is 478 g/mol. The highest BCUT2D eigenvalue weighted by Crippen LogP contribution is 2.36. The van der Waals surface area contributed by atoms with Gasteiger partial charge in [-0.15, -0.1) is 0 Å². The van der Waals surface area contributed by atoms with E-state index in [1.54, 1.807) is 0 Å². The third-order valence-corrected chi connectivity index (χ3v) is 7.52. The van der Waals surface area contributed by atoms with Crippen LogP contribution in [0, 0.1) is 0 Å². The molecule has 0 bridgehead atoms. The van der Waals surface area contributed by atoms with Crippen molar-refractivity contribution < 1.29 is 0 Å². The second-order valence-electron chi connectivity index (χ2n) is 11.0. The summed E-state index contributed by atoms with van der Waals surface area (Å²) in [4.78, 5) is 9.24. The minimum Gasteiger partial charge on any atom is -0.356 e. The van der Waals surface area contributed by atoms with Gasteiger partial charge in [-0.2, -0.15) is 0 Å². The highest BCUT2D eigenvalue weighted by molar-refractivity contribution is 7.00. The van der Waals surface area contributed by atoms with E-state index in [2.05, 4.69) is 102 Å². The lowest BCUT2D eigenvalue weighted by molar-refractivity contribution is 0.591. The van der Waals surface area contributed by atoms with Crippen molar-refractivity contribution in [3.8, 4) is 22.5 Å². The molecule has 2 aromatic heterocycles. The van der Waals surface area contributed by atoms with E-state index in [9.17, 15) is 0 Å². The number of nitrogens with one attached hydrogen (secondary N) is 2. The molecule has 2 aliphatic heterocycles. The summed E-state index contributed by atoms with van der Waals surface area (Å²) in [6.07, 6.45) is 3.71. The maximum Gasteiger partial charge on any atom is 0.252 e. The maximum absolute atomic E-state index is 4.62. The van der Waals surface area contributed by atoms with Crippen LogP contribution in [-0.4, -0.2) is 16.7 Å². The van der Waals surface area contributed by atoms with Crippen LogP contribution in [0.4, 0.5) is 22.7 Å². The van der Waals surface area contributed by atoms with Gasteiger partial charge in [0.05, 0.1) is 11.4 Å². The fourth-order valence-corrected chi connectivity index (χ4v) is 5.59. The largest absolute Gasteiger partial charge is 0.356 e. The molecule has 178 valence electrons. The summed E-state index contributed by atoms with van der Waals surface area (Å²) in [7, 11) is 0. The van der Waals surface area contributed by atoms with Crippen LogP contribution >= 0.6 is 0 Å². The van der Waals surface area contributed by atoms with Crippen molar-refractivity contribution in [3.05, 3.63) is 103 Å². The van der Waals surface area contributed by atoms with Gasteiger partial charge in [0, 0.05) is 35.1 Å². The van der Waals surface area contributed by atoms with E-state index in [-0.39, 0.29) is 12.1 Å². The maximum atomic E-state index is 4.62. The van der Waals surface area contributed by atoms with Crippen LogP contribution in [0.3, 0.4) is 0 Å². The lowest BCUT2D eigenvalue weighted by Gasteiger charge is -2.37. The van der Waals surface area contributed by atoms with Crippen LogP contribution in [0.1, 0.15) is 26.3 Å². The van der Waals surface area contributed by atoms with Gasteiger partial charge in [-0.3, -0.25) is 9.97 Å². The van der Waals surface area contributed by atoms with Crippen LogP contribution in [0.5, 0.6) is 0 Å². The number of hydrogen-bond acceptors (Lipinski definition) is 4. The van der Waals surface area contributed by atoms with Crippen molar-refractivity contribution in [2.24, 2.45) is 0 Å². The number of fused-ring (bicyclic) bond motifs is 4. The highest BCUT2D eigenvalue weighted by Gasteiger charge is 2.38. The minimum atomic E-state index is 0.0383. The molecule has 5 aromatic rings. The summed E-state index contributed by atoms with van der Waals surface area (Å²) in [5.41, 5.74) is 14.0. The topological polar surface area (TPSA) is 49.8 Å². The highest BCUT2D eigenvalue weighted by atomic mass is 14.9. The second kappa shape index (κ2) is 8.07. The molecule has 0 fully saturated rings. The van der Waals surface area contributed by atoms with E-state index in [0.717, 1.165) is 33.9 Å². The Labute approximate surface area is 217 Å². The number of nitrogens with zero attached hydrogens (tertiary/aromatic N) is 2. The molecule has 0 saturated carbocycles. The van der Waals surface area contributed by atoms with Crippen molar-refractivity contribution in [2.45, 2.75) is 26.2 Å². The van der Waals surface area contributed by atoms with Crippen molar-refractivity contribution in [2.75, 3.05) is 10.6 Å². The summed E-state index contributed by atoms with van der Waals surface area (Å²) in [5.74, 6) is 0. The van der Waals surface area contributed by atoms with Crippen LogP contribution in [0.2, 0.25) is 0 Å². The molecule has 4 nitrogen and oxygen atoms in total. The number of hydrogen-bond donors (Lipinski definition) is 2. The van der Waals surface area contributed by atoms with Gasteiger partial charge in [-0.05, 0) is 87.0 Å². The molecule has 3 aromatic carbocycles. The van der Waals surface area contributed by atoms with Crippen LogP contribution in [-0.2, 0) is 5.41 Å².